The van der Waals surface area contributed by atoms with Crippen LogP contribution < -0.4 is 15.4 Å². The van der Waals surface area contributed by atoms with E-state index in [4.69, 9.17) is 0 Å². The van der Waals surface area contributed by atoms with E-state index in [1.807, 2.05) is 13.8 Å². The molecule has 3 rings (SSSR count). The third-order valence-corrected chi connectivity index (χ3v) is 5.83. The monoisotopic (exact) mass is 378 g/mol. The predicted octanol–water partition coefficient (Wildman–Crippen LogP) is 0.145. The van der Waals surface area contributed by atoms with Crippen LogP contribution in [0.2, 0.25) is 0 Å². The summed E-state index contributed by atoms with van der Waals surface area (Å²) in [5.41, 5.74) is 0.446. The highest BCUT2D eigenvalue weighted by Crippen LogP contribution is 2.23. The zero-order valence-corrected chi connectivity index (χ0v) is 15.5. The van der Waals surface area contributed by atoms with Crippen molar-refractivity contribution in [2.24, 2.45) is 10.9 Å². The molecule has 26 heavy (non-hydrogen) atoms. The fraction of sp³-hybridized carbons (Fsp3) is 0.471. The number of benzene rings is 1. The summed E-state index contributed by atoms with van der Waals surface area (Å²) in [7, 11) is -3.66. The minimum absolute atomic E-state index is 0.147. The molecule has 1 saturated heterocycles. The van der Waals surface area contributed by atoms with Crippen LogP contribution in [0.3, 0.4) is 0 Å². The normalized spacial score (nSPS) is 23.9. The van der Waals surface area contributed by atoms with E-state index in [1.165, 1.54) is 6.07 Å². The SMILES string of the molecule is CC(C)[C@H](N=C1NS(=O)(=O)c2ccccc21)C(=O)NC1CCCNC1=O. The summed E-state index contributed by atoms with van der Waals surface area (Å²) in [5, 5.41) is 5.45. The molecule has 0 aliphatic carbocycles. The zero-order chi connectivity index (χ0) is 18.9. The second-order valence-electron chi connectivity index (χ2n) is 6.76. The fourth-order valence-corrected chi connectivity index (χ4v) is 4.29. The topological polar surface area (TPSA) is 117 Å². The van der Waals surface area contributed by atoms with Crippen LogP contribution in [0.1, 0.15) is 32.3 Å². The molecule has 1 aromatic rings. The lowest BCUT2D eigenvalue weighted by Gasteiger charge is -2.25. The molecule has 0 radical (unpaired) electrons. The number of nitrogens with zero attached hydrogens (tertiary/aromatic N) is 1. The molecule has 140 valence electrons. The Bertz CT molecular complexity index is 863. The molecule has 2 aliphatic rings. The summed E-state index contributed by atoms with van der Waals surface area (Å²) in [5.74, 6) is -0.612. The molecule has 3 N–H and O–H groups in total. The van der Waals surface area contributed by atoms with E-state index in [0.29, 0.717) is 18.5 Å². The van der Waals surface area contributed by atoms with Crippen LogP contribution in [0, 0.1) is 5.92 Å². The van der Waals surface area contributed by atoms with E-state index in [-0.39, 0.29) is 22.6 Å². The molecule has 0 aromatic heterocycles. The van der Waals surface area contributed by atoms with Gasteiger partial charge in [-0.15, -0.1) is 0 Å². The summed E-state index contributed by atoms with van der Waals surface area (Å²) in [6, 6.07) is 5.11. The van der Waals surface area contributed by atoms with Gasteiger partial charge in [-0.3, -0.25) is 19.3 Å². The Morgan fingerprint density at radius 3 is 2.73 bits per heavy atom. The lowest BCUT2D eigenvalue weighted by atomic mass is 10.0. The van der Waals surface area contributed by atoms with E-state index in [1.54, 1.807) is 18.2 Å². The molecule has 0 spiro atoms. The molecule has 1 aromatic carbocycles. The van der Waals surface area contributed by atoms with Crippen LogP contribution >= 0.6 is 0 Å². The van der Waals surface area contributed by atoms with Crippen LogP contribution in [0.25, 0.3) is 0 Å². The van der Waals surface area contributed by atoms with Crippen LogP contribution in [0.4, 0.5) is 0 Å². The van der Waals surface area contributed by atoms with Crippen molar-refractivity contribution in [3.8, 4) is 0 Å². The molecule has 2 heterocycles. The van der Waals surface area contributed by atoms with Gasteiger partial charge in [0, 0.05) is 12.1 Å². The molecule has 1 unspecified atom stereocenters. The van der Waals surface area contributed by atoms with Crippen molar-refractivity contribution in [2.45, 2.75) is 43.7 Å². The quantitative estimate of drug-likeness (QED) is 0.691. The van der Waals surface area contributed by atoms with E-state index < -0.39 is 28.0 Å². The van der Waals surface area contributed by atoms with E-state index in [9.17, 15) is 18.0 Å². The third kappa shape index (κ3) is 3.57. The number of hydrogen-bond acceptors (Lipinski definition) is 5. The van der Waals surface area contributed by atoms with Crippen LogP contribution in [-0.2, 0) is 19.6 Å². The summed E-state index contributed by atoms with van der Waals surface area (Å²) < 4.78 is 26.8. The fourth-order valence-electron chi connectivity index (χ4n) is 3.05. The molecule has 0 bridgehead atoms. The number of hydrogen-bond donors (Lipinski definition) is 3. The smallest absolute Gasteiger partial charge is 0.263 e. The van der Waals surface area contributed by atoms with Crippen LogP contribution in [-0.4, -0.2) is 44.7 Å². The number of carbonyl (C=O) groups is 2. The predicted molar refractivity (Wildman–Crippen MR) is 96.1 cm³/mol. The maximum atomic E-state index is 12.7. The highest BCUT2D eigenvalue weighted by Gasteiger charge is 2.33. The highest BCUT2D eigenvalue weighted by molar-refractivity contribution is 7.90. The van der Waals surface area contributed by atoms with Gasteiger partial charge in [-0.05, 0) is 30.9 Å². The Kier molecular flexibility index (Phi) is 4.99. The van der Waals surface area contributed by atoms with Gasteiger partial charge in [0.1, 0.15) is 17.9 Å². The summed E-state index contributed by atoms with van der Waals surface area (Å²) in [6.45, 7) is 4.26. The third-order valence-electron chi connectivity index (χ3n) is 4.43. The van der Waals surface area contributed by atoms with E-state index >= 15 is 0 Å². The number of amides is 2. The lowest BCUT2D eigenvalue weighted by Crippen LogP contribution is -2.53. The summed E-state index contributed by atoms with van der Waals surface area (Å²) in [6.07, 6.45) is 1.37. The molecular weight excluding hydrogens is 356 g/mol. The molecule has 2 amide bonds. The molecule has 8 nitrogen and oxygen atoms in total. The van der Waals surface area contributed by atoms with Gasteiger partial charge in [0.05, 0.1) is 4.90 Å². The number of carbonyl (C=O) groups excluding carboxylic acids is 2. The Hall–Kier alpha value is -2.42. The van der Waals surface area contributed by atoms with Crippen LogP contribution in [0.15, 0.2) is 34.2 Å². The first-order valence-electron chi connectivity index (χ1n) is 8.57. The number of nitrogens with one attached hydrogen (secondary N) is 3. The first-order valence-corrected chi connectivity index (χ1v) is 10.1. The number of fused-ring (bicyclic) bond motifs is 1. The maximum absolute atomic E-state index is 12.7. The van der Waals surface area contributed by atoms with Gasteiger partial charge in [-0.2, -0.15) is 0 Å². The van der Waals surface area contributed by atoms with Crippen molar-refractivity contribution in [3.05, 3.63) is 29.8 Å². The number of sulfonamides is 1. The molecule has 2 atom stereocenters. The molecule has 0 saturated carbocycles. The second-order valence-corrected chi connectivity index (χ2v) is 8.41. The number of rotatable bonds is 4. The van der Waals surface area contributed by atoms with Gasteiger partial charge >= 0.3 is 0 Å². The Labute approximate surface area is 152 Å². The van der Waals surface area contributed by atoms with Gasteiger partial charge < -0.3 is 10.6 Å². The van der Waals surface area contributed by atoms with Crippen molar-refractivity contribution in [2.75, 3.05) is 6.54 Å². The van der Waals surface area contributed by atoms with E-state index in [0.717, 1.165) is 6.42 Å². The summed E-state index contributed by atoms with van der Waals surface area (Å²) >= 11 is 0. The Balaban J connectivity index is 1.86. The average molecular weight is 378 g/mol. The number of amidine groups is 1. The lowest BCUT2D eigenvalue weighted by molar-refractivity contribution is -0.131. The molecule has 1 fully saturated rings. The van der Waals surface area contributed by atoms with Crippen LogP contribution in [0.5, 0.6) is 0 Å². The zero-order valence-electron chi connectivity index (χ0n) is 14.7. The minimum atomic E-state index is -3.66. The minimum Gasteiger partial charge on any atom is -0.354 e. The van der Waals surface area contributed by atoms with Crippen molar-refractivity contribution in [3.63, 3.8) is 0 Å². The molecule has 2 aliphatic heterocycles. The molecule has 9 heteroatoms. The van der Waals surface area contributed by atoms with Gasteiger partial charge in [-0.25, -0.2) is 8.42 Å². The standard InChI is InChI=1S/C17H22N4O4S/c1-10(2)14(17(23)19-12-7-5-9-18-16(12)22)20-15-11-6-3-4-8-13(11)26(24,25)21-15/h3-4,6,8,10,12,14H,5,7,9H2,1-2H3,(H,18,22)(H,19,23)(H,20,21)/t12?,14-/m0/s1. The first kappa shape index (κ1) is 18.4. The van der Waals surface area contributed by atoms with Crippen molar-refractivity contribution in [1.29, 1.82) is 0 Å². The van der Waals surface area contributed by atoms with Gasteiger partial charge in [-0.1, -0.05) is 26.0 Å². The summed E-state index contributed by atoms with van der Waals surface area (Å²) in [4.78, 5) is 29.1. The first-order chi connectivity index (χ1) is 12.3. The average Bonchev–Trinajstić information content (AvgIpc) is 2.85. The van der Waals surface area contributed by atoms with Gasteiger partial charge in [0.2, 0.25) is 11.8 Å². The van der Waals surface area contributed by atoms with E-state index in [2.05, 4.69) is 20.3 Å². The van der Waals surface area contributed by atoms with Gasteiger partial charge in [0.25, 0.3) is 10.0 Å². The number of aliphatic imine (C=N–C) groups is 1. The Morgan fingerprint density at radius 1 is 1.31 bits per heavy atom. The van der Waals surface area contributed by atoms with Crippen molar-refractivity contribution in [1.82, 2.24) is 15.4 Å². The van der Waals surface area contributed by atoms with Crippen molar-refractivity contribution >= 4 is 27.7 Å². The maximum Gasteiger partial charge on any atom is 0.263 e. The van der Waals surface area contributed by atoms with Crippen molar-refractivity contribution < 1.29 is 18.0 Å². The Morgan fingerprint density at radius 2 is 2.04 bits per heavy atom. The van der Waals surface area contributed by atoms with Gasteiger partial charge in [0.15, 0.2) is 0 Å². The largest absolute Gasteiger partial charge is 0.354 e. The highest BCUT2D eigenvalue weighted by atomic mass is 32.2. The molecular formula is C17H22N4O4S. The number of piperidine rings is 1. The second kappa shape index (κ2) is 7.06.